The van der Waals surface area contributed by atoms with Crippen LogP contribution in [0.2, 0.25) is 0 Å². The van der Waals surface area contributed by atoms with E-state index in [0.717, 1.165) is 39.0 Å². The highest BCUT2D eigenvalue weighted by Crippen LogP contribution is 2.21. The summed E-state index contributed by atoms with van der Waals surface area (Å²) >= 11 is 0. The number of amides is 1. The highest BCUT2D eigenvalue weighted by Gasteiger charge is 2.34. The lowest BCUT2D eigenvalue weighted by Gasteiger charge is -2.29. The Bertz CT molecular complexity index is 271. The molecular formula is C13H24N2O3. The number of piperidine rings is 1. The molecule has 1 N–H and O–H groups in total. The maximum atomic E-state index is 12.0. The minimum absolute atomic E-state index is 0.208. The van der Waals surface area contributed by atoms with E-state index < -0.39 is 0 Å². The summed E-state index contributed by atoms with van der Waals surface area (Å²) in [6.45, 7) is 4.29. The van der Waals surface area contributed by atoms with Crippen LogP contribution >= 0.6 is 0 Å². The predicted molar refractivity (Wildman–Crippen MR) is 68.5 cm³/mol. The Balaban J connectivity index is 1.69. The van der Waals surface area contributed by atoms with Crippen molar-refractivity contribution in [1.29, 1.82) is 0 Å². The van der Waals surface area contributed by atoms with E-state index in [4.69, 9.17) is 9.47 Å². The van der Waals surface area contributed by atoms with Crippen molar-refractivity contribution >= 4 is 5.91 Å². The lowest BCUT2D eigenvalue weighted by atomic mass is 10.0. The molecule has 2 rings (SSSR count). The topological polar surface area (TPSA) is 50.8 Å². The summed E-state index contributed by atoms with van der Waals surface area (Å²) in [5, 5.41) is 3.22. The van der Waals surface area contributed by atoms with E-state index in [1.807, 2.05) is 4.90 Å². The largest absolute Gasteiger partial charge is 0.378 e. The Morgan fingerprint density at radius 3 is 2.78 bits per heavy atom. The van der Waals surface area contributed by atoms with Gasteiger partial charge < -0.3 is 19.7 Å². The first-order valence-corrected chi connectivity index (χ1v) is 6.87. The molecule has 2 aliphatic heterocycles. The first-order chi connectivity index (χ1) is 8.76. The van der Waals surface area contributed by atoms with Crippen LogP contribution in [-0.4, -0.2) is 62.9 Å². The number of rotatable bonds is 5. The number of methoxy groups -OCH3 is 1. The van der Waals surface area contributed by atoms with E-state index in [-0.39, 0.29) is 11.5 Å². The summed E-state index contributed by atoms with van der Waals surface area (Å²) in [7, 11) is 1.71. The minimum Gasteiger partial charge on any atom is -0.378 e. The highest BCUT2D eigenvalue weighted by atomic mass is 16.5. The van der Waals surface area contributed by atoms with Crippen molar-refractivity contribution in [3.05, 3.63) is 0 Å². The molecule has 0 aliphatic carbocycles. The van der Waals surface area contributed by atoms with Crippen LogP contribution in [0.5, 0.6) is 0 Å². The quantitative estimate of drug-likeness (QED) is 0.773. The van der Waals surface area contributed by atoms with Gasteiger partial charge in [0, 0.05) is 39.8 Å². The van der Waals surface area contributed by atoms with Crippen LogP contribution in [0, 0.1) is 0 Å². The first kappa shape index (κ1) is 13.8. The Kier molecular flexibility index (Phi) is 4.97. The van der Waals surface area contributed by atoms with Gasteiger partial charge in [-0.3, -0.25) is 4.79 Å². The monoisotopic (exact) mass is 256 g/mol. The van der Waals surface area contributed by atoms with Crippen molar-refractivity contribution in [1.82, 2.24) is 10.2 Å². The summed E-state index contributed by atoms with van der Waals surface area (Å²) in [5.41, 5.74) is -0.234. The van der Waals surface area contributed by atoms with E-state index in [9.17, 15) is 4.79 Å². The smallest absolute Gasteiger partial charge is 0.236 e. The van der Waals surface area contributed by atoms with Crippen molar-refractivity contribution in [3.8, 4) is 0 Å². The zero-order valence-electron chi connectivity index (χ0n) is 11.2. The van der Waals surface area contributed by atoms with Gasteiger partial charge in [0.25, 0.3) is 0 Å². The van der Waals surface area contributed by atoms with E-state index >= 15 is 0 Å². The lowest BCUT2D eigenvalue weighted by molar-refractivity contribution is -0.131. The molecule has 0 saturated carbocycles. The number of carbonyl (C=O) groups is 1. The Morgan fingerprint density at radius 1 is 1.39 bits per heavy atom. The molecule has 5 nitrogen and oxygen atoms in total. The lowest BCUT2D eigenvalue weighted by Crippen LogP contribution is -2.47. The fourth-order valence-corrected chi connectivity index (χ4v) is 2.61. The van der Waals surface area contributed by atoms with Gasteiger partial charge in [0.1, 0.15) is 5.60 Å². The zero-order valence-corrected chi connectivity index (χ0v) is 11.2. The molecule has 2 heterocycles. The highest BCUT2D eigenvalue weighted by molar-refractivity contribution is 5.78. The molecule has 2 aliphatic rings. The third-order valence-corrected chi connectivity index (χ3v) is 3.93. The minimum atomic E-state index is -0.234. The van der Waals surface area contributed by atoms with Crippen molar-refractivity contribution < 1.29 is 14.3 Å². The molecule has 1 amide bonds. The molecule has 0 bridgehead atoms. The number of nitrogens with one attached hydrogen (secondary N) is 1. The number of likely N-dealkylation sites (tertiary alicyclic amines) is 1. The van der Waals surface area contributed by atoms with Gasteiger partial charge in [0.2, 0.25) is 5.91 Å². The molecule has 2 saturated heterocycles. The van der Waals surface area contributed by atoms with Crippen LogP contribution in [0.3, 0.4) is 0 Å². The number of hydrogen-bond acceptors (Lipinski definition) is 4. The van der Waals surface area contributed by atoms with Gasteiger partial charge >= 0.3 is 0 Å². The summed E-state index contributed by atoms with van der Waals surface area (Å²) in [4.78, 5) is 13.9. The van der Waals surface area contributed by atoms with Crippen LogP contribution in [0.4, 0.5) is 0 Å². The van der Waals surface area contributed by atoms with E-state index in [0.29, 0.717) is 19.7 Å². The average Bonchev–Trinajstić information content (AvgIpc) is 2.89. The second-order valence-electron chi connectivity index (χ2n) is 5.23. The molecular weight excluding hydrogens is 232 g/mol. The van der Waals surface area contributed by atoms with E-state index in [2.05, 4.69) is 5.32 Å². The van der Waals surface area contributed by atoms with Crippen molar-refractivity contribution in [2.24, 2.45) is 0 Å². The molecule has 1 atom stereocenters. The molecule has 0 spiro atoms. The summed E-state index contributed by atoms with van der Waals surface area (Å²) in [6, 6.07) is 0. The first-order valence-electron chi connectivity index (χ1n) is 6.87. The standard InChI is InChI=1S/C13H24N2O3/c1-17-13(5-8-18-11-13)10-14-9-12(16)15-6-3-2-4-7-15/h14H,2-11H2,1H3. The zero-order chi connectivity index (χ0) is 12.8. The number of carbonyl (C=O) groups excluding carboxylic acids is 1. The van der Waals surface area contributed by atoms with Gasteiger partial charge in [-0.05, 0) is 19.3 Å². The van der Waals surface area contributed by atoms with Gasteiger partial charge in [0.15, 0.2) is 0 Å². The molecule has 2 fully saturated rings. The van der Waals surface area contributed by atoms with Crippen LogP contribution < -0.4 is 5.32 Å². The van der Waals surface area contributed by atoms with Crippen LogP contribution in [0.25, 0.3) is 0 Å². The van der Waals surface area contributed by atoms with Gasteiger partial charge in [-0.15, -0.1) is 0 Å². The molecule has 0 aromatic heterocycles. The van der Waals surface area contributed by atoms with Crippen LogP contribution in [0.1, 0.15) is 25.7 Å². The average molecular weight is 256 g/mol. The summed E-state index contributed by atoms with van der Waals surface area (Å²) < 4.78 is 10.9. The van der Waals surface area contributed by atoms with Crippen LogP contribution in [-0.2, 0) is 14.3 Å². The molecule has 18 heavy (non-hydrogen) atoms. The van der Waals surface area contributed by atoms with Gasteiger partial charge in [-0.1, -0.05) is 0 Å². The van der Waals surface area contributed by atoms with Crippen LogP contribution in [0.15, 0.2) is 0 Å². The summed E-state index contributed by atoms with van der Waals surface area (Å²) in [6.07, 6.45) is 4.43. The molecule has 1 unspecified atom stereocenters. The van der Waals surface area contributed by atoms with Gasteiger partial charge in [-0.2, -0.15) is 0 Å². The van der Waals surface area contributed by atoms with E-state index in [1.165, 1.54) is 6.42 Å². The molecule has 0 aromatic rings. The van der Waals surface area contributed by atoms with Gasteiger partial charge in [-0.25, -0.2) is 0 Å². The third kappa shape index (κ3) is 3.43. The Labute approximate surface area is 109 Å². The Hall–Kier alpha value is -0.650. The number of ether oxygens (including phenoxy) is 2. The Morgan fingerprint density at radius 2 is 2.17 bits per heavy atom. The van der Waals surface area contributed by atoms with Crippen molar-refractivity contribution in [3.63, 3.8) is 0 Å². The number of nitrogens with zero attached hydrogens (tertiary/aromatic N) is 1. The second kappa shape index (κ2) is 6.50. The fraction of sp³-hybridized carbons (Fsp3) is 0.923. The van der Waals surface area contributed by atoms with Crippen molar-refractivity contribution in [2.75, 3.05) is 46.5 Å². The van der Waals surface area contributed by atoms with E-state index in [1.54, 1.807) is 7.11 Å². The molecule has 0 radical (unpaired) electrons. The normalized spacial score (nSPS) is 28.6. The summed E-state index contributed by atoms with van der Waals surface area (Å²) in [5.74, 6) is 0.208. The maximum absolute atomic E-state index is 12.0. The fourth-order valence-electron chi connectivity index (χ4n) is 2.61. The predicted octanol–water partition coefficient (Wildman–Crippen LogP) is 0.394. The van der Waals surface area contributed by atoms with Crippen molar-refractivity contribution in [2.45, 2.75) is 31.3 Å². The maximum Gasteiger partial charge on any atom is 0.236 e. The SMILES string of the molecule is COC1(CNCC(=O)N2CCCCC2)CCOC1. The van der Waals surface area contributed by atoms with Gasteiger partial charge in [0.05, 0.1) is 13.2 Å². The molecule has 5 heteroatoms. The number of hydrogen-bond donors (Lipinski definition) is 1. The molecule has 104 valence electrons. The second-order valence-corrected chi connectivity index (χ2v) is 5.23. The molecule has 0 aromatic carbocycles. The third-order valence-electron chi connectivity index (χ3n) is 3.93.